The molecule has 0 aliphatic rings. The fraction of sp³-hybridized carbons (Fsp3) is 0.333. The Morgan fingerprint density at radius 1 is 1.39 bits per heavy atom. The molecule has 0 unspecified atom stereocenters. The van der Waals surface area contributed by atoms with Crippen molar-refractivity contribution in [1.29, 1.82) is 0 Å². The van der Waals surface area contributed by atoms with E-state index in [0.29, 0.717) is 6.54 Å². The quantitative estimate of drug-likeness (QED) is 0.706. The first-order chi connectivity index (χ1) is 8.54. The largest absolute Gasteiger partial charge is 0.478 e. The molecule has 6 heteroatoms. The maximum atomic E-state index is 12.9. The molecule has 0 bridgehead atoms. The van der Waals surface area contributed by atoms with E-state index in [9.17, 15) is 14.0 Å². The number of anilines is 1. The Morgan fingerprint density at radius 3 is 2.72 bits per heavy atom. The van der Waals surface area contributed by atoms with Crippen molar-refractivity contribution in [1.82, 2.24) is 5.32 Å². The summed E-state index contributed by atoms with van der Waals surface area (Å²) < 4.78 is 12.9. The molecule has 0 aliphatic carbocycles. The molecule has 1 aromatic carbocycles. The Hall–Kier alpha value is -2.11. The van der Waals surface area contributed by atoms with E-state index in [1.807, 2.05) is 6.92 Å². The van der Waals surface area contributed by atoms with Crippen LogP contribution in [0, 0.1) is 5.82 Å². The van der Waals surface area contributed by atoms with Gasteiger partial charge in [0, 0.05) is 6.54 Å². The predicted molar refractivity (Wildman–Crippen MR) is 65.3 cm³/mol. The SMILES string of the molecule is CCCCNC(=O)Nc1ccc(F)cc1C(=O)O. The van der Waals surface area contributed by atoms with Gasteiger partial charge in [0.15, 0.2) is 0 Å². The second-order valence-corrected chi connectivity index (χ2v) is 3.73. The highest BCUT2D eigenvalue weighted by atomic mass is 19.1. The Balaban J connectivity index is 2.72. The molecular formula is C12H15FN2O3. The van der Waals surface area contributed by atoms with Gasteiger partial charge in [0.1, 0.15) is 5.82 Å². The van der Waals surface area contributed by atoms with Crippen LogP contribution in [0.25, 0.3) is 0 Å². The van der Waals surface area contributed by atoms with Crippen LogP contribution in [-0.4, -0.2) is 23.7 Å². The minimum atomic E-state index is -1.29. The van der Waals surface area contributed by atoms with Gasteiger partial charge in [-0.15, -0.1) is 0 Å². The lowest BCUT2D eigenvalue weighted by atomic mass is 10.2. The van der Waals surface area contributed by atoms with Gasteiger partial charge < -0.3 is 15.7 Å². The van der Waals surface area contributed by atoms with E-state index in [1.165, 1.54) is 6.07 Å². The molecular weight excluding hydrogens is 239 g/mol. The molecule has 3 N–H and O–H groups in total. The molecule has 1 aromatic rings. The third-order valence-corrected chi connectivity index (χ3v) is 2.28. The van der Waals surface area contributed by atoms with Gasteiger partial charge in [-0.2, -0.15) is 0 Å². The smallest absolute Gasteiger partial charge is 0.337 e. The maximum Gasteiger partial charge on any atom is 0.337 e. The first kappa shape index (κ1) is 14.0. The van der Waals surface area contributed by atoms with Crippen molar-refractivity contribution in [3.05, 3.63) is 29.6 Å². The fourth-order valence-corrected chi connectivity index (χ4v) is 1.35. The summed E-state index contributed by atoms with van der Waals surface area (Å²) in [5.74, 6) is -1.96. The molecule has 1 rings (SSSR count). The fourth-order valence-electron chi connectivity index (χ4n) is 1.35. The van der Waals surface area contributed by atoms with Gasteiger partial charge in [-0.25, -0.2) is 14.0 Å². The van der Waals surface area contributed by atoms with Crippen LogP contribution in [0.1, 0.15) is 30.1 Å². The number of hydrogen-bond acceptors (Lipinski definition) is 2. The highest BCUT2D eigenvalue weighted by Gasteiger charge is 2.13. The summed E-state index contributed by atoms with van der Waals surface area (Å²) in [5.41, 5.74) is -0.210. The zero-order valence-electron chi connectivity index (χ0n) is 10.00. The minimum absolute atomic E-state index is 0.0675. The summed E-state index contributed by atoms with van der Waals surface area (Å²) in [7, 11) is 0. The van der Waals surface area contributed by atoms with Gasteiger partial charge in [-0.05, 0) is 24.6 Å². The number of aromatic carboxylic acids is 1. The van der Waals surface area contributed by atoms with E-state index < -0.39 is 17.8 Å². The molecule has 98 valence electrons. The van der Waals surface area contributed by atoms with Gasteiger partial charge in [-0.3, -0.25) is 0 Å². The Labute approximate surface area is 104 Å². The van der Waals surface area contributed by atoms with Crippen LogP contribution in [0.4, 0.5) is 14.9 Å². The topological polar surface area (TPSA) is 78.4 Å². The molecule has 5 nitrogen and oxygen atoms in total. The molecule has 0 aromatic heterocycles. The molecule has 2 amide bonds. The van der Waals surface area contributed by atoms with Crippen LogP contribution in [0.3, 0.4) is 0 Å². The van der Waals surface area contributed by atoms with E-state index in [0.717, 1.165) is 25.0 Å². The third-order valence-electron chi connectivity index (χ3n) is 2.28. The molecule has 0 saturated heterocycles. The van der Waals surface area contributed by atoms with Crippen molar-refractivity contribution in [3.8, 4) is 0 Å². The molecule has 0 radical (unpaired) electrons. The number of unbranched alkanes of at least 4 members (excludes halogenated alkanes) is 1. The number of carbonyl (C=O) groups excluding carboxylic acids is 1. The van der Waals surface area contributed by atoms with Crippen molar-refractivity contribution in [3.63, 3.8) is 0 Å². The number of nitrogens with one attached hydrogen (secondary N) is 2. The monoisotopic (exact) mass is 254 g/mol. The number of carboxylic acid groups (broad SMARTS) is 1. The van der Waals surface area contributed by atoms with Crippen molar-refractivity contribution >= 4 is 17.7 Å². The van der Waals surface area contributed by atoms with Gasteiger partial charge in [-0.1, -0.05) is 13.3 Å². The zero-order chi connectivity index (χ0) is 13.5. The lowest BCUT2D eigenvalue weighted by Crippen LogP contribution is -2.30. The molecule has 18 heavy (non-hydrogen) atoms. The van der Waals surface area contributed by atoms with Crippen molar-refractivity contribution in [2.45, 2.75) is 19.8 Å². The number of amides is 2. The highest BCUT2D eigenvalue weighted by molar-refractivity contribution is 5.99. The van der Waals surface area contributed by atoms with Crippen LogP contribution in [0.5, 0.6) is 0 Å². The second kappa shape index (κ2) is 6.58. The number of carbonyl (C=O) groups is 2. The molecule has 0 fully saturated rings. The van der Waals surface area contributed by atoms with Gasteiger partial charge in [0.05, 0.1) is 11.3 Å². The number of benzene rings is 1. The third kappa shape index (κ3) is 4.04. The number of hydrogen-bond donors (Lipinski definition) is 3. The summed E-state index contributed by atoms with van der Waals surface area (Å²) in [6, 6.07) is 2.67. The highest BCUT2D eigenvalue weighted by Crippen LogP contribution is 2.16. The first-order valence-corrected chi connectivity index (χ1v) is 5.62. The van der Waals surface area contributed by atoms with E-state index in [4.69, 9.17) is 5.11 Å². The number of urea groups is 1. The summed E-state index contributed by atoms with van der Waals surface area (Å²) in [4.78, 5) is 22.3. The lowest BCUT2D eigenvalue weighted by Gasteiger charge is -2.09. The molecule has 0 heterocycles. The van der Waals surface area contributed by atoms with Crippen LogP contribution >= 0.6 is 0 Å². The van der Waals surface area contributed by atoms with Gasteiger partial charge in [0.25, 0.3) is 0 Å². The number of halogens is 1. The Bertz CT molecular complexity index is 449. The zero-order valence-corrected chi connectivity index (χ0v) is 10.00. The summed E-state index contributed by atoms with van der Waals surface area (Å²) >= 11 is 0. The van der Waals surface area contributed by atoms with E-state index in [-0.39, 0.29) is 11.3 Å². The molecule has 0 spiro atoms. The maximum absolute atomic E-state index is 12.9. The predicted octanol–water partition coefficient (Wildman–Crippen LogP) is 2.45. The summed E-state index contributed by atoms with van der Waals surface area (Å²) in [6.07, 6.45) is 1.78. The lowest BCUT2D eigenvalue weighted by molar-refractivity contribution is 0.0697. The normalized spacial score (nSPS) is 9.89. The molecule has 0 saturated carbocycles. The van der Waals surface area contributed by atoms with Crippen LogP contribution in [0.2, 0.25) is 0 Å². The second-order valence-electron chi connectivity index (χ2n) is 3.73. The minimum Gasteiger partial charge on any atom is -0.478 e. The van der Waals surface area contributed by atoms with E-state index in [2.05, 4.69) is 10.6 Å². The van der Waals surface area contributed by atoms with Crippen molar-refractivity contribution < 1.29 is 19.1 Å². The Kier molecular flexibility index (Phi) is 5.10. The average molecular weight is 254 g/mol. The van der Waals surface area contributed by atoms with Crippen LogP contribution in [-0.2, 0) is 0 Å². The van der Waals surface area contributed by atoms with E-state index in [1.54, 1.807) is 0 Å². The number of rotatable bonds is 5. The molecule has 0 aliphatic heterocycles. The Morgan fingerprint density at radius 2 is 2.11 bits per heavy atom. The number of carboxylic acids is 1. The van der Waals surface area contributed by atoms with Gasteiger partial charge in [0.2, 0.25) is 0 Å². The van der Waals surface area contributed by atoms with Crippen molar-refractivity contribution in [2.24, 2.45) is 0 Å². The first-order valence-electron chi connectivity index (χ1n) is 5.62. The van der Waals surface area contributed by atoms with E-state index >= 15 is 0 Å². The standard InChI is InChI=1S/C12H15FN2O3/c1-2-3-6-14-12(18)15-10-5-4-8(13)7-9(10)11(16)17/h4-5,7H,2-3,6H2,1H3,(H,16,17)(H2,14,15,18). The van der Waals surface area contributed by atoms with Crippen LogP contribution < -0.4 is 10.6 Å². The average Bonchev–Trinajstić information content (AvgIpc) is 2.31. The summed E-state index contributed by atoms with van der Waals surface area (Å²) in [6.45, 7) is 2.49. The molecule has 0 atom stereocenters. The summed E-state index contributed by atoms with van der Waals surface area (Å²) in [5, 5.41) is 13.8. The van der Waals surface area contributed by atoms with Gasteiger partial charge >= 0.3 is 12.0 Å². The van der Waals surface area contributed by atoms with Crippen molar-refractivity contribution in [2.75, 3.05) is 11.9 Å². The van der Waals surface area contributed by atoms with Crippen LogP contribution in [0.15, 0.2) is 18.2 Å².